The second kappa shape index (κ2) is 7.77. The van der Waals surface area contributed by atoms with Crippen LogP contribution >= 0.6 is 0 Å². The van der Waals surface area contributed by atoms with E-state index in [1.54, 1.807) is 0 Å². The predicted molar refractivity (Wildman–Crippen MR) is 81.0 cm³/mol. The zero-order chi connectivity index (χ0) is 13.6. The number of hydrogen-bond acceptors (Lipinski definition) is 3. The summed E-state index contributed by atoms with van der Waals surface area (Å²) in [4.78, 5) is 2.64. The van der Waals surface area contributed by atoms with Gasteiger partial charge in [-0.05, 0) is 25.7 Å². The van der Waals surface area contributed by atoms with Crippen molar-refractivity contribution in [3.05, 3.63) is 0 Å². The Kier molecular flexibility index (Phi) is 5.75. The molecule has 0 amide bonds. The van der Waals surface area contributed by atoms with E-state index in [0.717, 1.165) is 26.3 Å². The minimum atomic E-state index is 0.510. The summed E-state index contributed by atoms with van der Waals surface area (Å²) in [7, 11) is 0. The smallest absolute Gasteiger partial charge is 0.0730 e. The third-order valence-corrected chi connectivity index (χ3v) is 5.38. The molecule has 1 aliphatic heterocycles. The van der Waals surface area contributed by atoms with E-state index in [-0.39, 0.29) is 0 Å². The van der Waals surface area contributed by atoms with Gasteiger partial charge in [-0.25, -0.2) is 0 Å². The molecule has 20 heavy (non-hydrogen) atoms. The number of nitrogens with zero attached hydrogens (tertiary/aromatic N) is 1. The van der Waals surface area contributed by atoms with Crippen molar-refractivity contribution in [2.24, 2.45) is 0 Å². The van der Waals surface area contributed by atoms with Gasteiger partial charge in [0, 0.05) is 19.1 Å². The molecule has 2 atom stereocenters. The van der Waals surface area contributed by atoms with Gasteiger partial charge in [0.05, 0.1) is 25.4 Å². The molecule has 0 N–H and O–H groups in total. The average molecular weight is 281 g/mol. The molecule has 1 saturated heterocycles. The first-order valence-corrected chi connectivity index (χ1v) is 8.91. The van der Waals surface area contributed by atoms with Crippen molar-refractivity contribution in [1.29, 1.82) is 0 Å². The fourth-order valence-corrected chi connectivity index (χ4v) is 4.20. The molecule has 3 rings (SSSR count). The van der Waals surface area contributed by atoms with Crippen LogP contribution in [-0.2, 0) is 9.47 Å². The third-order valence-electron chi connectivity index (χ3n) is 5.38. The minimum Gasteiger partial charge on any atom is -0.377 e. The van der Waals surface area contributed by atoms with E-state index in [9.17, 15) is 0 Å². The monoisotopic (exact) mass is 281 g/mol. The number of morpholine rings is 1. The first-order chi connectivity index (χ1) is 9.93. The average Bonchev–Trinajstić information content (AvgIpc) is 2.76. The number of ether oxygens (including phenoxy) is 2. The zero-order valence-corrected chi connectivity index (χ0v) is 12.9. The van der Waals surface area contributed by atoms with E-state index in [0.29, 0.717) is 18.2 Å². The number of rotatable bonds is 4. The van der Waals surface area contributed by atoms with Crippen molar-refractivity contribution in [2.45, 2.75) is 82.5 Å². The molecule has 2 aliphatic carbocycles. The highest BCUT2D eigenvalue weighted by Crippen LogP contribution is 2.28. The summed E-state index contributed by atoms with van der Waals surface area (Å²) in [6.45, 7) is 4.06. The van der Waals surface area contributed by atoms with Crippen LogP contribution in [0, 0.1) is 0 Å². The maximum Gasteiger partial charge on any atom is 0.0730 e. The Labute approximate surface area is 124 Å². The van der Waals surface area contributed by atoms with Crippen LogP contribution in [0.25, 0.3) is 0 Å². The molecular weight excluding hydrogens is 250 g/mol. The Morgan fingerprint density at radius 2 is 1.65 bits per heavy atom. The summed E-state index contributed by atoms with van der Waals surface area (Å²) < 4.78 is 12.1. The molecule has 0 aromatic rings. The van der Waals surface area contributed by atoms with E-state index >= 15 is 0 Å². The van der Waals surface area contributed by atoms with Crippen LogP contribution < -0.4 is 0 Å². The van der Waals surface area contributed by atoms with Crippen LogP contribution in [0.3, 0.4) is 0 Å². The maximum atomic E-state index is 6.16. The van der Waals surface area contributed by atoms with Crippen LogP contribution in [0.1, 0.15) is 64.2 Å². The van der Waals surface area contributed by atoms with Gasteiger partial charge in [-0.2, -0.15) is 0 Å². The van der Waals surface area contributed by atoms with Crippen LogP contribution in [0.15, 0.2) is 0 Å². The summed E-state index contributed by atoms with van der Waals surface area (Å²) in [5, 5.41) is 0. The van der Waals surface area contributed by atoms with Crippen molar-refractivity contribution >= 4 is 0 Å². The largest absolute Gasteiger partial charge is 0.377 e. The van der Waals surface area contributed by atoms with Gasteiger partial charge in [0.25, 0.3) is 0 Å². The standard InChI is InChI=1S/C17H31NO2/c1-2-4-8-15(7-3-1)19-13-11-18-12-14-20-17-10-6-5-9-16(17)18/h15-17H,1-14H2/t16-,17-/m0/s1. The van der Waals surface area contributed by atoms with Crippen LogP contribution in [0.4, 0.5) is 0 Å². The van der Waals surface area contributed by atoms with Gasteiger partial charge in [0.2, 0.25) is 0 Å². The van der Waals surface area contributed by atoms with Gasteiger partial charge in [-0.1, -0.05) is 38.5 Å². The lowest BCUT2D eigenvalue weighted by atomic mass is 9.90. The lowest BCUT2D eigenvalue weighted by Gasteiger charge is -2.43. The highest BCUT2D eigenvalue weighted by atomic mass is 16.5. The fourth-order valence-electron chi connectivity index (χ4n) is 4.20. The fraction of sp³-hybridized carbons (Fsp3) is 1.00. The zero-order valence-electron chi connectivity index (χ0n) is 12.9. The van der Waals surface area contributed by atoms with E-state index in [1.165, 1.54) is 64.2 Å². The molecule has 0 unspecified atom stereocenters. The molecule has 116 valence electrons. The second-order valence-corrected chi connectivity index (χ2v) is 6.78. The molecule has 3 heteroatoms. The molecule has 0 spiro atoms. The van der Waals surface area contributed by atoms with Gasteiger partial charge in [-0.15, -0.1) is 0 Å². The Morgan fingerprint density at radius 1 is 0.900 bits per heavy atom. The number of fused-ring (bicyclic) bond motifs is 1. The van der Waals surface area contributed by atoms with Crippen molar-refractivity contribution in [3.8, 4) is 0 Å². The summed E-state index contributed by atoms with van der Waals surface area (Å²) in [6, 6.07) is 0.676. The normalized spacial score (nSPS) is 33.6. The SMILES string of the molecule is C1CCCC(OCCN2CCO[C@H]3CCCC[C@@H]32)CC1. The summed E-state index contributed by atoms with van der Waals surface area (Å²) in [5.41, 5.74) is 0. The summed E-state index contributed by atoms with van der Waals surface area (Å²) in [5.74, 6) is 0. The highest BCUT2D eigenvalue weighted by Gasteiger charge is 2.33. The highest BCUT2D eigenvalue weighted by molar-refractivity contribution is 4.87. The van der Waals surface area contributed by atoms with Gasteiger partial charge in [0.15, 0.2) is 0 Å². The molecule has 1 heterocycles. The van der Waals surface area contributed by atoms with Gasteiger partial charge in [-0.3, -0.25) is 4.90 Å². The van der Waals surface area contributed by atoms with Gasteiger partial charge < -0.3 is 9.47 Å². The second-order valence-electron chi connectivity index (χ2n) is 6.78. The van der Waals surface area contributed by atoms with Gasteiger partial charge >= 0.3 is 0 Å². The van der Waals surface area contributed by atoms with E-state index in [1.807, 2.05) is 0 Å². The van der Waals surface area contributed by atoms with Crippen molar-refractivity contribution in [2.75, 3.05) is 26.3 Å². The molecule has 0 aromatic carbocycles. The lowest BCUT2D eigenvalue weighted by Crippen LogP contribution is -2.53. The van der Waals surface area contributed by atoms with E-state index in [2.05, 4.69) is 4.90 Å². The van der Waals surface area contributed by atoms with Crippen molar-refractivity contribution in [1.82, 2.24) is 4.90 Å². The topological polar surface area (TPSA) is 21.7 Å². The third kappa shape index (κ3) is 3.96. The quantitative estimate of drug-likeness (QED) is 0.738. The van der Waals surface area contributed by atoms with E-state index < -0.39 is 0 Å². The van der Waals surface area contributed by atoms with Crippen LogP contribution in [0.2, 0.25) is 0 Å². The molecular formula is C17H31NO2. The molecule has 0 radical (unpaired) electrons. The lowest BCUT2D eigenvalue weighted by molar-refractivity contribution is -0.0965. The molecule has 3 nitrogen and oxygen atoms in total. The molecule has 3 fully saturated rings. The predicted octanol–water partition coefficient (Wildman–Crippen LogP) is 3.37. The molecule has 0 aromatic heterocycles. The van der Waals surface area contributed by atoms with Gasteiger partial charge in [0.1, 0.15) is 0 Å². The summed E-state index contributed by atoms with van der Waals surface area (Å²) in [6.07, 6.45) is 14.5. The van der Waals surface area contributed by atoms with Crippen LogP contribution in [-0.4, -0.2) is 49.5 Å². The minimum absolute atomic E-state index is 0.510. The Morgan fingerprint density at radius 3 is 2.50 bits per heavy atom. The molecule has 2 saturated carbocycles. The Bertz CT molecular complexity index is 274. The Balaban J connectivity index is 1.40. The first kappa shape index (κ1) is 14.8. The van der Waals surface area contributed by atoms with Crippen molar-refractivity contribution < 1.29 is 9.47 Å². The molecule has 3 aliphatic rings. The molecule has 0 bridgehead atoms. The maximum absolute atomic E-state index is 6.16. The number of hydrogen-bond donors (Lipinski definition) is 0. The first-order valence-electron chi connectivity index (χ1n) is 8.91. The van der Waals surface area contributed by atoms with Crippen LogP contribution in [0.5, 0.6) is 0 Å². The Hall–Kier alpha value is -0.120. The summed E-state index contributed by atoms with van der Waals surface area (Å²) >= 11 is 0. The van der Waals surface area contributed by atoms with Crippen molar-refractivity contribution in [3.63, 3.8) is 0 Å². The van der Waals surface area contributed by atoms with E-state index in [4.69, 9.17) is 9.47 Å².